The molecule has 0 aromatic heterocycles. The van der Waals surface area contributed by atoms with Crippen LogP contribution in [0.4, 0.5) is 11.4 Å². The Labute approximate surface area is 163 Å². The van der Waals surface area contributed by atoms with E-state index in [0.29, 0.717) is 22.8 Å². The van der Waals surface area contributed by atoms with Crippen LogP contribution in [0.1, 0.15) is 5.56 Å². The average Bonchev–Trinajstić information content (AvgIpc) is 2.69. The summed E-state index contributed by atoms with van der Waals surface area (Å²) in [6, 6.07) is 14.9. The lowest BCUT2D eigenvalue weighted by Crippen LogP contribution is -3.15. The molecule has 1 aliphatic heterocycles. The van der Waals surface area contributed by atoms with Crippen molar-refractivity contribution >= 4 is 28.9 Å². The predicted molar refractivity (Wildman–Crippen MR) is 106 cm³/mol. The molecule has 0 radical (unpaired) electrons. The smallest absolute Gasteiger partial charge is 0.279 e. The topological polar surface area (TPSA) is 69.8 Å². The van der Waals surface area contributed by atoms with Crippen LogP contribution >= 0.6 is 11.6 Å². The number of carbonyl (C=O) groups is 1. The molecule has 3 rings (SSSR count). The molecular weight excluding hydrogens is 364 g/mol. The second-order valence-corrected chi connectivity index (χ2v) is 6.90. The standard InChI is InChI=1S/C20H21ClN4O2/c1-27-18-6-4-17(5-7-18)25-10-8-24(9-11-25)14-20(26)23-19-12-16(21)3-2-15(19)13-22/h2-7,12H,8-11,14H2,1H3,(H,23,26)/p+1. The fourth-order valence-electron chi connectivity index (χ4n) is 3.19. The summed E-state index contributed by atoms with van der Waals surface area (Å²) in [5.74, 6) is 0.735. The quantitative estimate of drug-likeness (QED) is 0.819. The summed E-state index contributed by atoms with van der Waals surface area (Å²) in [5, 5.41) is 12.5. The summed E-state index contributed by atoms with van der Waals surface area (Å²) in [6.45, 7) is 3.89. The summed E-state index contributed by atoms with van der Waals surface area (Å²) in [5.41, 5.74) is 2.04. The van der Waals surface area contributed by atoms with Crippen LogP contribution < -0.4 is 19.9 Å². The number of nitrogens with zero attached hydrogens (tertiary/aromatic N) is 2. The summed E-state index contributed by atoms with van der Waals surface area (Å²) in [4.78, 5) is 15.9. The third kappa shape index (κ3) is 4.91. The lowest BCUT2D eigenvalue weighted by molar-refractivity contribution is -0.892. The SMILES string of the molecule is COc1ccc(N2CC[NH+](CC(=O)Nc3cc(Cl)ccc3C#N)CC2)cc1. The van der Waals surface area contributed by atoms with Crippen LogP contribution in [0.25, 0.3) is 0 Å². The molecule has 7 heteroatoms. The van der Waals surface area contributed by atoms with Gasteiger partial charge in [-0.2, -0.15) is 5.26 Å². The molecule has 2 aromatic rings. The summed E-state index contributed by atoms with van der Waals surface area (Å²) in [7, 11) is 1.66. The normalized spacial score (nSPS) is 14.5. The molecular formula is C20H22ClN4O2+. The van der Waals surface area contributed by atoms with Gasteiger partial charge in [-0.3, -0.25) is 4.79 Å². The van der Waals surface area contributed by atoms with E-state index < -0.39 is 0 Å². The van der Waals surface area contributed by atoms with Gasteiger partial charge in [0.25, 0.3) is 5.91 Å². The Balaban J connectivity index is 1.52. The molecule has 0 spiro atoms. The van der Waals surface area contributed by atoms with Crippen LogP contribution in [-0.4, -0.2) is 45.7 Å². The van der Waals surface area contributed by atoms with E-state index in [-0.39, 0.29) is 5.91 Å². The number of carbonyl (C=O) groups excluding carboxylic acids is 1. The highest BCUT2D eigenvalue weighted by Crippen LogP contribution is 2.20. The van der Waals surface area contributed by atoms with Gasteiger partial charge in [-0.05, 0) is 42.5 Å². The van der Waals surface area contributed by atoms with Gasteiger partial charge in [0.1, 0.15) is 11.8 Å². The van der Waals surface area contributed by atoms with E-state index in [1.165, 1.54) is 4.90 Å². The number of ether oxygens (including phenoxy) is 1. The van der Waals surface area contributed by atoms with Gasteiger partial charge >= 0.3 is 0 Å². The van der Waals surface area contributed by atoms with Crippen LogP contribution in [0, 0.1) is 11.3 Å². The van der Waals surface area contributed by atoms with Gasteiger partial charge in [-0.15, -0.1) is 0 Å². The molecule has 1 aliphatic rings. The number of rotatable bonds is 5. The van der Waals surface area contributed by atoms with Gasteiger partial charge in [0.05, 0.1) is 44.5 Å². The number of quaternary nitrogens is 1. The van der Waals surface area contributed by atoms with Crippen LogP contribution in [0.5, 0.6) is 5.75 Å². The minimum atomic E-state index is -0.110. The van der Waals surface area contributed by atoms with Gasteiger partial charge in [-0.25, -0.2) is 0 Å². The van der Waals surface area contributed by atoms with E-state index >= 15 is 0 Å². The maximum atomic E-state index is 12.4. The first-order valence-electron chi connectivity index (χ1n) is 8.81. The van der Waals surface area contributed by atoms with E-state index in [9.17, 15) is 4.79 Å². The highest BCUT2D eigenvalue weighted by Gasteiger charge is 2.22. The zero-order valence-electron chi connectivity index (χ0n) is 15.2. The molecule has 6 nitrogen and oxygen atoms in total. The predicted octanol–water partition coefficient (Wildman–Crippen LogP) is 1.56. The van der Waals surface area contributed by atoms with Crippen molar-refractivity contribution in [1.82, 2.24) is 0 Å². The monoisotopic (exact) mass is 385 g/mol. The number of anilines is 2. The Hall–Kier alpha value is -2.75. The Kier molecular flexibility index (Phi) is 6.17. The van der Waals surface area contributed by atoms with E-state index in [0.717, 1.165) is 37.6 Å². The lowest BCUT2D eigenvalue weighted by Gasteiger charge is -2.33. The van der Waals surface area contributed by atoms with E-state index in [4.69, 9.17) is 21.6 Å². The molecule has 1 heterocycles. The lowest BCUT2D eigenvalue weighted by atomic mass is 10.2. The van der Waals surface area contributed by atoms with Gasteiger partial charge in [-0.1, -0.05) is 11.6 Å². The third-order valence-corrected chi connectivity index (χ3v) is 4.93. The molecule has 0 bridgehead atoms. The van der Waals surface area contributed by atoms with Crippen LogP contribution in [0.15, 0.2) is 42.5 Å². The van der Waals surface area contributed by atoms with Crippen molar-refractivity contribution in [2.24, 2.45) is 0 Å². The first kappa shape index (κ1) is 19.0. The maximum absolute atomic E-state index is 12.4. The average molecular weight is 386 g/mol. The van der Waals surface area contributed by atoms with Crippen LogP contribution in [0.2, 0.25) is 5.02 Å². The second-order valence-electron chi connectivity index (χ2n) is 6.46. The second kappa shape index (κ2) is 8.76. The van der Waals surface area contributed by atoms with Crippen molar-refractivity contribution in [1.29, 1.82) is 5.26 Å². The van der Waals surface area contributed by atoms with E-state index in [1.807, 2.05) is 12.1 Å². The van der Waals surface area contributed by atoms with Crippen molar-refractivity contribution in [2.75, 3.05) is 50.1 Å². The molecule has 0 unspecified atom stereocenters. The molecule has 1 fully saturated rings. The molecule has 1 saturated heterocycles. The highest BCUT2D eigenvalue weighted by molar-refractivity contribution is 6.31. The Bertz CT molecular complexity index is 840. The fraction of sp³-hybridized carbons (Fsp3) is 0.300. The van der Waals surface area contributed by atoms with Gasteiger partial charge in [0, 0.05) is 10.7 Å². The Morgan fingerprint density at radius 2 is 1.96 bits per heavy atom. The fourth-order valence-corrected chi connectivity index (χ4v) is 3.36. The zero-order valence-corrected chi connectivity index (χ0v) is 15.9. The highest BCUT2D eigenvalue weighted by atomic mass is 35.5. The van der Waals surface area contributed by atoms with E-state index in [1.54, 1.807) is 25.3 Å². The summed E-state index contributed by atoms with van der Waals surface area (Å²) >= 11 is 5.96. The summed E-state index contributed by atoms with van der Waals surface area (Å²) < 4.78 is 5.19. The molecule has 2 aromatic carbocycles. The number of methoxy groups -OCH3 is 1. The van der Waals surface area contributed by atoms with Crippen molar-refractivity contribution in [3.8, 4) is 11.8 Å². The molecule has 27 heavy (non-hydrogen) atoms. The van der Waals surface area contributed by atoms with E-state index in [2.05, 4.69) is 28.4 Å². The molecule has 0 aliphatic carbocycles. The molecule has 0 saturated carbocycles. The molecule has 2 N–H and O–H groups in total. The Morgan fingerprint density at radius 1 is 1.26 bits per heavy atom. The third-order valence-electron chi connectivity index (χ3n) is 4.69. The summed E-state index contributed by atoms with van der Waals surface area (Å²) in [6.07, 6.45) is 0. The minimum absolute atomic E-state index is 0.110. The van der Waals surface area contributed by atoms with Crippen molar-refractivity contribution in [2.45, 2.75) is 0 Å². The number of benzene rings is 2. The number of hydrogen-bond donors (Lipinski definition) is 2. The van der Waals surface area contributed by atoms with Gasteiger partial charge < -0.3 is 19.9 Å². The van der Waals surface area contributed by atoms with Gasteiger partial charge in [0.2, 0.25) is 0 Å². The molecule has 1 amide bonds. The Morgan fingerprint density at radius 3 is 2.59 bits per heavy atom. The maximum Gasteiger partial charge on any atom is 0.279 e. The largest absolute Gasteiger partial charge is 0.497 e. The van der Waals surface area contributed by atoms with Crippen LogP contribution in [0.3, 0.4) is 0 Å². The molecule has 140 valence electrons. The van der Waals surface area contributed by atoms with Crippen molar-refractivity contribution in [3.05, 3.63) is 53.1 Å². The number of amides is 1. The minimum Gasteiger partial charge on any atom is -0.497 e. The zero-order chi connectivity index (χ0) is 19.2. The first-order chi connectivity index (χ1) is 13.1. The van der Waals surface area contributed by atoms with Crippen LogP contribution in [-0.2, 0) is 4.79 Å². The number of halogens is 1. The van der Waals surface area contributed by atoms with Crippen molar-refractivity contribution < 1.29 is 14.4 Å². The number of nitriles is 1. The number of hydrogen-bond acceptors (Lipinski definition) is 4. The van der Waals surface area contributed by atoms with Crippen molar-refractivity contribution in [3.63, 3.8) is 0 Å². The number of nitrogens with one attached hydrogen (secondary N) is 2. The molecule has 0 atom stereocenters. The van der Waals surface area contributed by atoms with Gasteiger partial charge in [0.15, 0.2) is 6.54 Å². The first-order valence-corrected chi connectivity index (χ1v) is 9.19. The number of piperazine rings is 1.